The average molecular weight is 601 g/mol. The number of hydrogen-bond acceptors (Lipinski definition) is 4. The van der Waals surface area contributed by atoms with Crippen LogP contribution in [0.15, 0.2) is 154 Å². The lowest BCUT2D eigenvalue weighted by Gasteiger charge is -2.32. The van der Waals surface area contributed by atoms with E-state index in [1.54, 1.807) is 0 Å². The monoisotopic (exact) mass is 599 g/mol. The number of para-hydroxylation sites is 1. The van der Waals surface area contributed by atoms with Crippen molar-refractivity contribution >= 4 is 21.6 Å². The highest BCUT2D eigenvalue weighted by Crippen LogP contribution is 2.53. The molecule has 0 amide bonds. The fourth-order valence-corrected chi connectivity index (χ4v) is 5.52. The van der Waals surface area contributed by atoms with E-state index in [2.05, 4.69) is 64.5 Å². The molecule has 7 rings (SSSR count). The highest BCUT2D eigenvalue weighted by Gasteiger charge is 2.40. The summed E-state index contributed by atoms with van der Waals surface area (Å²) in [5, 5.41) is 1.96. The molecule has 5 aromatic carbocycles. The summed E-state index contributed by atoms with van der Waals surface area (Å²) in [6.07, 6.45) is -0.723. The Morgan fingerprint density at radius 2 is 1.07 bits per heavy atom. The molecule has 0 saturated heterocycles. The third-order valence-corrected chi connectivity index (χ3v) is 7.71. The lowest BCUT2D eigenvalue weighted by molar-refractivity contribution is -0.0935. The number of halogens is 1. The number of rotatable bonds is 5. The molecule has 0 bridgehead atoms. The van der Waals surface area contributed by atoms with Crippen LogP contribution in [0, 0.1) is 0 Å². The molecule has 1 aliphatic heterocycles. The lowest BCUT2D eigenvalue weighted by atomic mass is 9.94. The van der Waals surface area contributed by atoms with Crippen LogP contribution >= 0.6 is 15.9 Å². The Bertz CT molecular complexity index is 1740. The Labute approximate surface area is 247 Å². The van der Waals surface area contributed by atoms with Crippen LogP contribution in [0.3, 0.4) is 0 Å². The molecule has 0 radical (unpaired) electrons. The van der Waals surface area contributed by atoms with Crippen LogP contribution in [0.5, 0.6) is 5.75 Å². The van der Waals surface area contributed by atoms with Crippen molar-refractivity contribution in [1.82, 2.24) is 0 Å². The predicted octanol–water partition coefficient (Wildman–Crippen LogP) is 9.99. The number of fused-ring (bicyclic) bond motifs is 1. The van der Waals surface area contributed by atoms with Crippen LogP contribution in [0.4, 0.5) is 5.69 Å². The maximum absolute atomic E-state index is 6.89. The molecule has 0 unspecified atom stereocenters. The van der Waals surface area contributed by atoms with E-state index >= 15 is 0 Å². The van der Waals surface area contributed by atoms with Crippen LogP contribution in [0.1, 0.15) is 29.0 Å². The molecular formula is C36H26BrNO3. The summed E-state index contributed by atoms with van der Waals surface area (Å²) in [6, 6.07) is 48.5. The van der Waals surface area contributed by atoms with E-state index < -0.39 is 6.29 Å². The summed E-state index contributed by atoms with van der Waals surface area (Å²) in [4.78, 5) is 6.86. The van der Waals surface area contributed by atoms with Crippen molar-refractivity contribution in [3.8, 4) is 28.4 Å². The molecule has 4 nitrogen and oxygen atoms in total. The van der Waals surface area contributed by atoms with Crippen LogP contribution in [0.2, 0.25) is 0 Å². The van der Waals surface area contributed by atoms with Gasteiger partial charge in [-0.3, -0.25) is 0 Å². The molecule has 2 atom stereocenters. The van der Waals surface area contributed by atoms with Crippen molar-refractivity contribution in [2.24, 2.45) is 0 Å². The predicted molar refractivity (Wildman–Crippen MR) is 165 cm³/mol. The summed E-state index contributed by atoms with van der Waals surface area (Å²) in [7, 11) is 0. The highest BCUT2D eigenvalue weighted by atomic mass is 79.9. The van der Waals surface area contributed by atoms with E-state index in [1.165, 1.54) is 0 Å². The lowest BCUT2D eigenvalue weighted by Crippen LogP contribution is -2.30. The minimum atomic E-state index is -0.723. The van der Waals surface area contributed by atoms with E-state index in [0.717, 1.165) is 43.7 Å². The number of furan rings is 1. The molecule has 1 aliphatic rings. The minimum absolute atomic E-state index is 0.384. The number of anilines is 1. The van der Waals surface area contributed by atoms with Crippen LogP contribution in [-0.4, -0.2) is 0 Å². The summed E-state index contributed by atoms with van der Waals surface area (Å²) < 4.78 is 14.7. The van der Waals surface area contributed by atoms with Gasteiger partial charge in [0.2, 0.25) is 6.29 Å². The van der Waals surface area contributed by atoms with E-state index in [-0.39, 0.29) is 6.04 Å². The van der Waals surface area contributed by atoms with Gasteiger partial charge >= 0.3 is 0 Å². The minimum Gasteiger partial charge on any atom is -0.454 e. The van der Waals surface area contributed by atoms with Crippen molar-refractivity contribution in [1.29, 1.82) is 0 Å². The van der Waals surface area contributed by atoms with Gasteiger partial charge in [-0.1, -0.05) is 137 Å². The Hall–Kier alpha value is -4.58. The summed E-state index contributed by atoms with van der Waals surface area (Å²) in [5.74, 6) is 2.07. The first-order valence-corrected chi connectivity index (χ1v) is 14.3. The highest BCUT2D eigenvalue weighted by molar-refractivity contribution is 9.10. The van der Waals surface area contributed by atoms with Gasteiger partial charge in [0.25, 0.3) is 0 Å². The van der Waals surface area contributed by atoms with Crippen molar-refractivity contribution in [2.75, 3.05) is 5.06 Å². The van der Waals surface area contributed by atoms with Crippen molar-refractivity contribution in [3.63, 3.8) is 0 Å². The Morgan fingerprint density at radius 1 is 0.537 bits per heavy atom. The summed E-state index contributed by atoms with van der Waals surface area (Å²) in [5.41, 5.74) is 5.63. The quantitative estimate of drug-likeness (QED) is 0.197. The third kappa shape index (κ3) is 4.95. The molecule has 0 saturated carbocycles. The van der Waals surface area contributed by atoms with Crippen LogP contribution < -0.4 is 9.80 Å². The zero-order chi connectivity index (χ0) is 27.6. The first-order chi connectivity index (χ1) is 20.3. The second-order valence-electron chi connectivity index (χ2n) is 9.82. The van der Waals surface area contributed by atoms with Gasteiger partial charge in [-0.2, -0.15) is 0 Å². The molecule has 6 aromatic rings. The topological polar surface area (TPSA) is 34.8 Å². The van der Waals surface area contributed by atoms with E-state index in [0.29, 0.717) is 11.5 Å². The fraction of sp³-hybridized carbons (Fsp3) is 0.0556. The molecule has 2 heterocycles. The number of hydroxylamine groups is 1. The number of ether oxygens (including phenoxy) is 1. The van der Waals surface area contributed by atoms with Gasteiger partial charge in [-0.05, 0) is 29.8 Å². The average Bonchev–Trinajstić information content (AvgIpc) is 3.31. The smallest absolute Gasteiger partial charge is 0.250 e. The number of hydrogen-bond donors (Lipinski definition) is 0. The van der Waals surface area contributed by atoms with Crippen molar-refractivity contribution in [2.45, 2.75) is 12.3 Å². The zero-order valence-electron chi connectivity index (χ0n) is 22.1. The SMILES string of the molecule is Brc1ccc([C@@H]2c3c(-c4ccccc4)oc(-c4ccccc4)c3O[C@H](c3ccccc3)ON2c2ccccc2)cc1. The second-order valence-corrected chi connectivity index (χ2v) is 10.7. The fourth-order valence-electron chi connectivity index (χ4n) is 5.26. The van der Waals surface area contributed by atoms with Gasteiger partial charge in [-0.15, -0.1) is 0 Å². The molecule has 0 fully saturated rings. The first kappa shape index (κ1) is 25.4. The summed E-state index contributed by atoms with van der Waals surface area (Å²) >= 11 is 3.61. The van der Waals surface area contributed by atoms with E-state index in [9.17, 15) is 0 Å². The molecule has 0 aliphatic carbocycles. The van der Waals surface area contributed by atoms with Gasteiger partial charge in [0.1, 0.15) is 11.8 Å². The molecule has 200 valence electrons. The molecule has 1 aromatic heterocycles. The van der Waals surface area contributed by atoms with Crippen LogP contribution in [-0.2, 0) is 4.84 Å². The molecule has 41 heavy (non-hydrogen) atoms. The molecule has 5 heteroatoms. The first-order valence-electron chi connectivity index (χ1n) is 13.5. The number of benzene rings is 5. The Morgan fingerprint density at radius 3 is 1.68 bits per heavy atom. The zero-order valence-corrected chi connectivity index (χ0v) is 23.6. The van der Waals surface area contributed by atoms with Crippen molar-refractivity contribution in [3.05, 3.63) is 167 Å². The van der Waals surface area contributed by atoms with Gasteiger partial charge in [0.05, 0.1) is 11.3 Å². The summed E-state index contributed by atoms with van der Waals surface area (Å²) in [6.45, 7) is 0. The second kappa shape index (κ2) is 11.1. The Kier molecular flexibility index (Phi) is 6.89. The molecular weight excluding hydrogens is 574 g/mol. The van der Waals surface area contributed by atoms with Gasteiger partial charge in [-0.25, -0.2) is 9.90 Å². The van der Waals surface area contributed by atoms with Gasteiger partial charge in [0, 0.05) is 21.2 Å². The standard InChI is InChI=1S/C36H26BrNO3/c37-29-23-21-25(22-24-29)32-31-33(26-13-5-1-6-14-26)39-34(27-15-7-2-8-16-27)35(31)40-36(28-17-9-3-10-18-28)41-38(32)30-19-11-4-12-20-30/h1-24,32,36H/t32-,36+/m1/s1. The van der Waals surface area contributed by atoms with Gasteiger partial charge < -0.3 is 9.15 Å². The molecule has 0 N–H and O–H groups in total. The van der Waals surface area contributed by atoms with Gasteiger partial charge in [0.15, 0.2) is 11.5 Å². The van der Waals surface area contributed by atoms with E-state index in [1.807, 2.05) is 102 Å². The van der Waals surface area contributed by atoms with E-state index in [4.69, 9.17) is 14.0 Å². The molecule has 0 spiro atoms. The largest absolute Gasteiger partial charge is 0.454 e. The normalized spacial score (nSPS) is 16.5. The third-order valence-electron chi connectivity index (χ3n) is 7.18. The van der Waals surface area contributed by atoms with Crippen LogP contribution in [0.25, 0.3) is 22.6 Å². The maximum atomic E-state index is 6.89. The Balaban J connectivity index is 1.55. The number of nitrogens with zero attached hydrogens (tertiary/aromatic N) is 1. The maximum Gasteiger partial charge on any atom is 0.250 e. The van der Waals surface area contributed by atoms with Crippen molar-refractivity contribution < 1.29 is 14.0 Å².